The fourth-order valence-corrected chi connectivity index (χ4v) is 4.18. The van der Waals surface area contributed by atoms with Crippen molar-refractivity contribution in [3.05, 3.63) is 67.5 Å². The molecule has 1 aromatic carbocycles. The van der Waals surface area contributed by atoms with Gasteiger partial charge in [0.15, 0.2) is 5.78 Å². The van der Waals surface area contributed by atoms with Crippen LogP contribution >= 0.6 is 0 Å². The number of hydrogen-bond donors (Lipinski definition) is 3. The quantitative estimate of drug-likeness (QED) is 0.731. The molecule has 1 aliphatic carbocycles. The molecule has 0 saturated carbocycles. The van der Waals surface area contributed by atoms with Crippen molar-refractivity contribution in [1.29, 1.82) is 0 Å². The molecule has 1 atom stereocenters. The number of halogens is 2. The topological polar surface area (TPSA) is 104 Å². The minimum atomic E-state index is -3.07. The van der Waals surface area contributed by atoms with Crippen molar-refractivity contribution < 1.29 is 18.3 Å². The number of aromatic amines is 2. The van der Waals surface area contributed by atoms with Gasteiger partial charge in [0.2, 0.25) is 0 Å². The van der Waals surface area contributed by atoms with Crippen molar-refractivity contribution in [2.75, 3.05) is 5.32 Å². The Balaban J connectivity index is 2.01. The summed E-state index contributed by atoms with van der Waals surface area (Å²) in [7, 11) is 0. The average Bonchev–Trinajstić information content (AvgIpc) is 2.58. The Labute approximate surface area is 163 Å². The number of ketones is 1. The molecule has 0 spiro atoms. The number of fused-ring (bicyclic) bond motifs is 1. The molecule has 1 aromatic heterocycles. The molecule has 0 amide bonds. The molecular weight excluding hydrogens is 384 g/mol. The van der Waals surface area contributed by atoms with E-state index in [1.54, 1.807) is 12.1 Å². The number of ether oxygens (including phenoxy) is 1. The SMILES string of the molecule is CC1(C)CC(=O)C2=C(C1)Nc1[nH]c(=O)[nH]c(=O)c1C2c1ccccc1OC(F)F. The molecule has 2 aliphatic rings. The van der Waals surface area contributed by atoms with Crippen molar-refractivity contribution in [2.24, 2.45) is 5.41 Å². The average molecular weight is 403 g/mol. The Hall–Kier alpha value is -3.23. The minimum Gasteiger partial charge on any atom is -0.435 e. The summed E-state index contributed by atoms with van der Waals surface area (Å²) in [6.07, 6.45) is 0.745. The van der Waals surface area contributed by atoms with Crippen molar-refractivity contribution in [1.82, 2.24) is 9.97 Å². The number of hydrogen-bond acceptors (Lipinski definition) is 5. The van der Waals surface area contributed by atoms with Crippen LogP contribution in [-0.4, -0.2) is 22.4 Å². The van der Waals surface area contributed by atoms with Crippen molar-refractivity contribution in [2.45, 2.75) is 39.2 Å². The van der Waals surface area contributed by atoms with Gasteiger partial charge in [-0.25, -0.2) is 4.79 Å². The number of benzene rings is 1. The molecule has 1 unspecified atom stereocenters. The third kappa shape index (κ3) is 3.37. The molecule has 29 heavy (non-hydrogen) atoms. The summed E-state index contributed by atoms with van der Waals surface area (Å²) in [5.41, 5.74) is -0.488. The van der Waals surface area contributed by atoms with Crippen LogP contribution < -0.4 is 21.3 Å². The first-order chi connectivity index (χ1) is 13.7. The molecule has 2 aromatic rings. The van der Waals surface area contributed by atoms with E-state index in [1.807, 2.05) is 13.8 Å². The van der Waals surface area contributed by atoms with Crippen molar-refractivity contribution in [3.8, 4) is 5.75 Å². The lowest BCUT2D eigenvalue weighted by Crippen LogP contribution is -2.39. The molecule has 9 heteroatoms. The smallest absolute Gasteiger partial charge is 0.387 e. The van der Waals surface area contributed by atoms with Gasteiger partial charge < -0.3 is 10.1 Å². The van der Waals surface area contributed by atoms with Gasteiger partial charge in [-0.3, -0.25) is 19.6 Å². The van der Waals surface area contributed by atoms with Crippen LogP contribution in [0.1, 0.15) is 43.7 Å². The number of carbonyl (C=O) groups is 1. The van der Waals surface area contributed by atoms with Gasteiger partial charge in [0.05, 0.1) is 11.5 Å². The second-order valence-corrected chi connectivity index (χ2v) is 8.00. The van der Waals surface area contributed by atoms with Gasteiger partial charge in [-0.15, -0.1) is 0 Å². The number of nitrogens with one attached hydrogen (secondary N) is 3. The number of alkyl halides is 2. The maximum atomic E-state index is 13.1. The molecule has 7 nitrogen and oxygen atoms in total. The fourth-order valence-electron chi connectivity index (χ4n) is 4.18. The third-order valence-corrected chi connectivity index (χ3v) is 5.20. The summed E-state index contributed by atoms with van der Waals surface area (Å²) in [4.78, 5) is 42.3. The summed E-state index contributed by atoms with van der Waals surface area (Å²) >= 11 is 0. The molecule has 152 valence electrons. The largest absolute Gasteiger partial charge is 0.435 e. The number of aromatic nitrogens is 2. The summed E-state index contributed by atoms with van der Waals surface area (Å²) in [6, 6.07) is 6.05. The first-order valence-corrected chi connectivity index (χ1v) is 9.10. The number of allylic oxidation sites excluding steroid dienone is 2. The van der Waals surface area contributed by atoms with Gasteiger partial charge in [-0.05, 0) is 17.9 Å². The van der Waals surface area contributed by atoms with Crippen LogP contribution in [0.2, 0.25) is 0 Å². The second-order valence-electron chi connectivity index (χ2n) is 8.00. The molecule has 2 heterocycles. The van der Waals surface area contributed by atoms with E-state index in [0.717, 1.165) is 0 Å². The molecular formula is C20H19F2N3O4. The highest BCUT2D eigenvalue weighted by Crippen LogP contribution is 2.48. The number of carbonyl (C=O) groups excluding carboxylic acids is 1. The molecule has 1 aliphatic heterocycles. The van der Waals surface area contributed by atoms with Gasteiger partial charge in [-0.1, -0.05) is 32.0 Å². The number of rotatable bonds is 3. The van der Waals surface area contributed by atoms with Crippen LogP contribution in [0.3, 0.4) is 0 Å². The fraction of sp³-hybridized carbons (Fsp3) is 0.350. The van der Waals surface area contributed by atoms with Gasteiger partial charge in [0.1, 0.15) is 11.6 Å². The van der Waals surface area contributed by atoms with Crippen LogP contribution in [0.5, 0.6) is 5.75 Å². The van der Waals surface area contributed by atoms with Gasteiger partial charge in [0, 0.05) is 23.3 Å². The molecule has 0 bridgehead atoms. The maximum absolute atomic E-state index is 13.1. The lowest BCUT2D eigenvalue weighted by atomic mass is 9.69. The van der Waals surface area contributed by atoms with E-state index in [2.05, 4.69) is 20.0 Å². The molecule has 0 fully saturated rings. The van der Waals surface area contributed by atoms with Crippen LogP contribution in [0.15, 0.2) is 45.1 Å². The van der Waals surface area contributed by atoms with Crippen molar-refractivity contribution >= 4 is 11.6 Å². The number of Topliss-reactive ketones (excluding diaryl/α,β-unsaturated/α-hetero) is 1. The zero-order valence-electron chi connectivity index (χ0n) is 15.8. The van der Waals surface area contributed by atoms with Crippen molar-refractivity contribution in [3.63, 3.8) is 0 Å². The molecule has 0 saturated heterocycles. The second kappa shape index (κ2) is 6.68. The van der Waals surface area contributed by atoms with E-state index < -0.39 is 23.8 Å². The molecule has 0 radical (unpaired) electrons. The summed E-state index contributed by atoms with van der Waals surface area (Å²) < 4.78 is 30.6. The Kier molecular flexibility index (Phi) is 4.40. The highest BCUT2D eigenvalue weighted by atomic mass is 19.3. The minimum absolute atomic E-state index is 0.0849. The Morgan fingerprint density at radius 1 is 1.10 bits per heavy atom. The van der Waals surface area contributed by atoms with Gasteiger partial charge >= 0.3 is 12.3 Å². The predicted octanol–water partition coefficient (Wildman–Crippen LogP) is 2.87. The van der Waals surface area contributed by atoms with Crippen LogP contribution in [0.4, 0.5) is 14.6 Å². The summed E-state index contributed by atoms with van der Waals surface area (Å²) in [5.74, 6) is -1.10. The van der Waals surface area contributed by atoms with E-state index in [1.165, 1.54) is 12.1 Å². The van der Waals surface area contributed by atoms with E-state index in [-0.39, 0.29) is 40.3 Å². The predicted molar refractivity (Wildman–Crippen MR) is 101 cm³/mol. The number of para-hydroxylation sites is 1. The third-order valence-electron chi connectivity index (χ3n) is 5.20. The van der Waals surface area contributed by atoms with E-state index in [0.29, 0.717) is 17.7 Å². The highest BCUT2D eigenvalue weighted by Gasteiger charge is 2.43. The van der Waals surface area contributed by atoms with Crippen LogP contribution in [0, 0.1) is 5.41 Å². The van der Waals surface area contributed by atoms with Gasteiger partial charge in [-0.2, -0.15) is 8.78 Å². The van der Waals surface area contributed by atoms with E-state index in [9.17, 15) is 23.2 Å². The number of H-pyrrole nitrogens is 2. The monoisotopic (exact) mass is 403 g/mol. The van der Waals surface area contributed by atoms with Crippen LogP contribution in [0.25, 0.3) is 0 Å². The van der Waals surface area contributed by atoms with Gasteiger partial charge in [0.25, 0.3) is 5.56 Å². The Morgan fingerprint density at radius 3 is 2.55 bits per heavy atom. The molecule has 4 rings (SSSR count). The van der Waals surface area contributed by atoms with E-state index in [4.69, 9.17) is 0 Å². The normalized spacial score (nSPS) is 20.2. The highest BCUT2D eigenvalue weighted by molar-refractivity contribution is 6.01. The summed E-state index contributed by atoms with van der Waals surface area (Å²) in [5, 5.41) is 3.02. The Bertz CT molecular complexity index is 1150. The zero-order chi connectivity index (χ0) is 20.9. The number of anilines is 1. The van der Waals surface area contributed by atoms with Crippen LogP contribution in [-0.2, 0) is 4.79 Å². The van der Waals surface area contributed by atoms with E-state index >= 15 is 0 Å². The Morgan fingerprint density at radius 2 is 1.83 bits per heavy atom. The molecule has 3 N–H and O–H groups in total. The first kappa shape index (κ1) is 19.1. The maximum Gasteiger partial charge on any atom is 0.387 e. The first-order valence-electron chi connectivity index (χ1n) is 9.10. The lowest BCUT2D eigenvalue weighted by Gasteiger charge is -2.38. The summed E-state index contributed by atoms with van der Waals surface area (Å²) in [6.45, 7) is 0.811. The lowest BCUT2D eigenvalue weighted by molar-refractivity contribution is -0.118. The standard InChI is InChI=1S/C20H19F2N3O4/c1-20(2)7-10-14(11(26)8-20)13(9-5-3-4-6-12(9)29-18(21)22)15-16(23-10)24-19(28)25-17(15)27/h3-6,13,18H,7-8H2,1-2H3,(H3,23,24,25,27,28). The zero-order valence-corrected chi connectivity index (χ0v) is 15.8.